The second-order valence-corrected chi connectivity index (χ2v) is 10.7. The molecule has 0 aliphatic carbocycles. The van der Waals surface area contributed by atoms with Gasteiger partial charge in [-0.3, -0.25) is 5.41 Å². The fourth-order valence-corrected chi connectivity index (χ4v) is 7.47. The molecule has 2 aromatic rings. The summed E-state index contributed by atoms with van der Waals surface area (Å²) in [7, 11) is -8.94. The van der Waals surface area contributed by atoms with E-state index in [2.05, 4.69) is 0 Å². The van der Waals surface area contributed by atoms with E-state index in [0.29, 0.717) is 22.3 Å². The van der Waals surface area contributed by atoms with Gasteiger partial charge in [0.15, 0.2) is 0 Å². The summed E-state index contributed by atoms with van der Waals surface area (Å²) in [6, 6.07) is 6.68. The van der Waals surface area contributed by atoms with Crippen LogP contribution in [0.25, 0.3) is 0 Å². The van der Waals surface area contributed by atoms with Crippen LogP contribution >= 0.6 is 0 Å². The molecule has 26 heavy (non-hydrogen) atoms. The van der Waals surface area contributed by atoms with Crippen molar-refractivity contribution < 1.29 is 16.8 Å². The number of aryl methyl sites for hydroxylation is 6. The zero-order valence-corrected chi connectivity index (χ0v) is 17.4. The molecule has 2 rings (SSSR count). The number of sulfone groups is 2. The van der Waals surface area contributed by atoms with Gasteiger partial charge in [0.05, 0.1) is 9.79 Å². The van der Waals surface area contributed by atoms with E-state index >= 15 is 0 Å². The van der Waals surface area contributed by atoms with Crippen molar-refractivity contribution >= 4 is 24.1 Å². The van der Waals surface area contributed by atoms with Crippen LogP contribution in [0.15, 0.2) is 34.1 Å². The third-order valence-electron chi connectivity index (χ3n) is 4.23. The first-order chi connectivity index (χ1) is 11.8. The van der Waals surface area contributed by atoms with Gasteiger partial charge >= 0.3 is 0 Å². The number of hydrogen-bond acceptors (Lipinski definition) is 5. The van der Waals surface area contributed by atoms with Gasteiger partial charge in [-0.15, -0.1) is 0 Å². The van der Waals surface area contributed by atoms with Crippen LogP contribution in [0.2, 0.25) is 0 Å². The summed E-state index contributed by atoms with van der Waals surface area (Å²) in [6.07, 6.45) is 0. The fraction of sp³-hybridized carbons (Fsp3) is 0.316. The van der Waals surface area contributed by atoms with Crippen molar-refractivity contribution in [3.63, 3.8) is 0 Å². The van der Waals surface area contributed by atoms with Gasteiger partial charge in [-0.1, -0.05) is 35.4 Å². The largest absolute Gasteiger partial charge is 0.279 e. The number of benzene rings is 2. The predicted molar refractivity (Wildman–Crippen MR) is 103 cm³/mol. The minimum absolute atomic E-state index is 0.112. The van der Waals surface area contributed by atoms with Gasteiger partial charge in [0.1, 0.15) is 0 Å². The molecule has 0 unspecified atom stereocenters. The Morgan fingerprint density at radius 3 is 1.08 bits per heavy atom. The van der Waals surface area contributed by atoms with E-state index in [-0.39, 0.29) is 9.79 Å². The third-order valence-corrected chi connectivity index (χ3v) is 8.89. The van der Waals surface area contributed by atoms with Crippen molar-refractivity contribution in [2.45, 2.75) is 51.3 Å². The predicted octanol–water partition coefficient (Wildman–Crippen LogP) is 3.72. The van der Waals surface area contributed by atoms with E-state index in [1.165, 1.54) is 0 Å². The summed E-state index contributed by atoms with van der Waals surface area (Å²) >= 11 is 0. The van der Waals surface area contributed by atoms with Gasteiger partial charge in [0.25, 0.3) is 0 Å². The third kappa shape index (κ3) is 3.33. The van der Waals surface area contributed by atoms with Crippen molar-refractivity contribution in [1.29, 1.82) is 5.41 Å². The molecule has 0 radical (unpaired) electrons. The first-order valence-corrected chi connectivity index (χ1v) is 11.0. The maximum atomic E-state index is 13.0. The van der Waals surface area contributed by atoms with Crippen molar-refractivity contribution in [3.05, 3.63) is 57.6 Å². The molecule has 1 N–H and O–H groups in total. The molecule has 0 aliphatic heterocycles. The van der Waals surface area contributed by atoms with Crippen LogP contribution in [0.5, 0.6) is 0 Å². The van der Waals surface area contributed by atoms with Crippen LogP contribution in [-0.4, -0.2) is 21.2 Å². The van der Waals surface area contributed by atoms with Gasteiger partial charge in [0.2, 0.25) is 24.1 Å². The van der Waals surface area contributed by atoms with Gasteiger partial charge in [-0.25, -0.2) is 16.8 Å². The minimum Gasteiger partial charge on any atom is -0.279 e. The van der Waals surface area contributed by atoms with Crippen molar-refractivity contribution in [2.75, 3.05) is 0 Å². The smallest absolute Gasteiger partial charge is 0.249 e. The summed E-state index contributed by atoms with van der Waals surface area (Å²) in [6.45, 7) is 10.1. The Balaban J connectivity index is 2.73. The first kappa shape index (κ1) is 20.3. The summed E-state index contributed by atoms with van der Waals surface area (Å²) in [5.41, 5.74) is 3.47. The molecule has 0 fully saturated rings. The Kier molecular flexibility index (Phi) is 5.18. The van der Waals surface area contributed by atoms with Gasteiger partial charge in [-0.2, -0.15) is 0 Å². The van der Waals surface area contributed by atoms with Crippen LogP contribution in [0.1, 0.15) is 33.4 Å². The molecule has 5 nitrogen and oxygen atoms in total. The van der Waals surface area contributed by atoms with Crippen LogP contribution < -0.4 is 0 Å². The quantitative estimate of drug-likeness (QED) is 0.622. The molecule has 0 aromatic heterocycles. The second kappa shape index (κ2) is 6.63. The van der Waals surface area contributed by atoms with Gasteiger partial charge in [0, 0.05) is 0 Å². The Bertz CT molecular complexity index is 993. The molecule has 0 heterocycles. The second-order valence-electron chi connectivity index (χ2n) is 6.75. The van der Waals surface area contributed by atoms with E-state index in [4.69, 9.17) is 5.41 Å². The highest BCUT2D eigenvalue weighted by molar-refractivity contribution is 8.31. The number of nitrogens with one attached hydrogen (secondary N) is 1. The highest BCUT2D eigenvalue weighted by atomic mass is 32.3. The summed E-state index contributed by atoms with van der Waals surface area (Å²) < 4.78 is 50.7. The Hall–Kier alpha value is -1.99. The maximum absolute atomic E-state index is 13.0. The number of rotatable bonds is 2. The Morgan fingerprint density at radius 1 is 0.615 bits per heavy atom. The fourth-order valence-electron chi connectivity index (χ4n) is 3.51. The highest BCUT2D eigenvalue weighted by Crippen LogP contribution is 2.29. The van der Waals surface area contributed by atoms with E-state index in [1.54, 1.807) is 52.0 Å². The lowest BCUT2D eigenvalue weighted by Gasteiger charge is -2.15. The van der Waals surface area contributed by atoms with Crippen LogP contribution in [0.4, 0.5) is 0 Å². The summed E-state index contributed by atoms with van der Waals surface area (Å²) in [4.78, 5) is -0.224. The van der Waals surface area contributed by atoms with E-state index in [1.807, 2.05) is 13.8 Å². The highest BCUT2D eigenvalue weighted by Gasteiger charge is 2.37. The van der Waals surface area contributed by atoms with E-state index in [9.17, 15) is 16.8 Å². The van der Waals surface area contributed by atoms with Crippen molar-refractivity contribution in [3.8, 4) is 0 Å². The van der Waals surface area contributed by atoms with Crippen LogP contribution in [-0.2, 0) is 19.7 Å². The first-order valence-electron chi connectivity index (χ1n) is 8.04. The summed E-state index contributed by atoms with van der Waals surface area (Å²) in [5.74, 6) is 0. The lowest BCUT2D eigenvalue weighted by atomic mass is 10.1. The van der Waals surface area contributed by atoms with Crippen LogP contribution in [0, 0.1) is 47.0 Å². The monoisotopic (exact) mass is 393 g/mol. The molecule has 2 aromatic carbocycles. The Labute approximate surface area is 155 Å². The standard InChI is InChI=1S/C19H23NO4S2/c1-11-7-13(3)17(14(4)8-11)25(21,22)19(20)26(23,24)18-15(5)9-12(2)10-16(18)6/h7-10,20H,1-6H3. The molecule has 0 spiro atoms. The molecule has 0 aliphatic rings. The molecule has 140 valence electrons. The van der Waals surface area contributed by atoms with E-state index < -0.39 is 24.1 Å². The average Bonchev–Trinajstić information content (AvgIpc) is 2.43. The summed E-state index contributed by atoms with van der Waals surface area (Å²) in [5, 5.41) is 8.09. The van der Waals surface area contributed by atoms with Crippen LogP contribution in [0.3, 0.4) is 0 Å². The van der Waals surface area contributed by atoms with E-state index in [0.717, 1.165) is 11.1 Å². The lowest BCUT2D eigenvalue weighted by Crippen LogP contribution is -2.26. The Morgan fingerprint density at radius 2 is 0.846 bits per heavy atom. The molecular formula is C19H23NO4S2. The molecular weight excluding hydrogens is 370 g/mol. The van der Waals surface area contributed by atoms with Crippen molar-refractivity contribution in [1.82, 2.24) is 0 Å². The topological polar surface area (TPSA) is 92.1 Å². The van der Waals surface area contributed by atoms with Gasteiger partial charge in [-0.05, 0) is 63.8 Å². The molecule has 0 saturated carbocycles. The molecule has 0 amide bonds. The normalized spacial score (nSPS) is 12.2. The SMILES string of the molecule is Cc1cc(C)c(S(=O)(=O)C(=N)S(=O)(=O)c2c(C)cc(C)cc2C)c(C)c1. The number of hydrogen-bond donors (Lipinski definition) is 1. The molecule has 7 heteroatoms. The lowest BCUT2D eigenvalue weighted by molar-refractivity contribution is 0.601. The molecule has 0 saturated heterocycles. The maximum Gasteiger partial charge on any atom is 0.249 e. The molecule has 0 atom stereocenters. The zero-order chi connectivity index (χ0) is 20.0. The zero-order valence-electron chi connectivity index (χ0n) is 15.8. The average molecular weight is 394 g/mol. The van der Waals surface area contributed by atoms with Crippen molar-refractivity contribution in [2.24, 2.45) is 0 Å². The minimum atomic E-state index is -4.47. The van der Waals surface area contributed by atoms with Gasteiger partial charge < -0.3 is 0 Å². The molecule has 0 bridgehead atoms.